The zero-order valence-corrected chi connectivity index (χ0v) is 10.9. The van der Waals surface area contributed by atoms with Gasteiger partial charge in [-0.15, -0.1) is 0 Å². The van der Waals surface area contributed by atoms with Gasteiger partial charge in [0.25, 0.3) is 0 Å². The topological polar surface area (TPSA) is 38.7 Å². The molecule has 96 valence electrons. The highest BCUT2D eigenvalue weighted by atomic mass is 16.5. The maximum atomic E-state index is 10.5. The summed E-state index contributed by atoms with van der Waals surface area (Å²) in [6, 6.07) is 0. The average molecular weight is 230 g/mol. The molecule has 0 amide bonds. The Kier molecular flexibility index (Phi) is 5.73. The van der Waals surface area contributed by atoms with Crippen LogP contribution in [0.3, 0.4) is 0 Å². The lowest BCUT2D eigenvalue weighted by atomic mass is 9.79. The summed E-state index contributed by atoms with van der Waals surface area (Å²) in [5.74, 6) is 0.338. The summed E-state index contributed by atoms with van der Waals surface area (Å²) in [6.07, 6.45) is 3.30. The van der Waals surface area contributed by atoms with Crippen LogP contribution in [0.15, 0.2) is 0 Å². The molecular formula is C13H26O3. The third-order valence-electron chi connectivity index (χ3n) is 3.81. The van der Waals surface area contributed by atoms with Crippen LogP contribution in [0.2, 0.25) is 0 Å². The molecule has 1 heterocycles. The van der Waals surface area contributed by atoms with Gasteiger partial charge in [0.15, 0.2) is 0 Å². The van der Waals surface area contributed by atoms with Crippen LogP contribution in [0.1, 0.15) is 46.5 Å². The molecule has 0 spiro atoms. The second-order valence-electron chi connectivity index (χ2n) is 4.63. The monoisotopic (exact) mass is 230 g/mol. The highest BCUT2D eigenvalue weighted by molar-refractivity contribution is 4.93. The third-order valence-corrected chi connectivity index (χ3v) is 3.81. The van der Waals surface area contributed by atoms with Gasteiger partial charge in [-0.05, 0) is 12.8 Å². The number of aliphatic hydroxyl groups excluding tert-OH is 1. The molecule has 0 saturated carbocycles. The molecular weight excluding hydrogens is 204 g/mol. The van der Waals surface area contributed by atoms with Crippen LogP contribution in [0, 0.1) is 5.92 Å². The Balaban J connectivity index is 2.73. The van der Waals surface area contributed by atoms with Crippen molar-refractivity contribution in [2.24, 2.45) is 5.92 Å². The number of aliphatic hydroxyl groups is 1. The van der Waals surface area contributed by atoms with Crippen molar-refractivity contribution in [2.75, 3.05) is 19.8 Å². The molecule has 0 aromatic heterocycles. The molecule has 1 aliphatic rings. The van der Waals surface area contributed by atoms with Gasteiger partial charge in [0.1, 0.15) is 0 Å². The van der Waals surface area contributed by atoms with E-state index in [-0.39, 0.29) is 11.7 Å². The fourth-order valence-electron chi connectivity index (χ4n) is 2.69. The Morgan fingerprint density at radius 3 is 2.19 bits per heavy atom. The number of ether oxygens (including phenoxy) is 2. The molecule has 1 atom stereocenters. The summed E-state index contributed by atoms with van der Waals surface area (Å²) < 4.78 is 11.3. The summed E-state index contributed by atoms with van der Waals surface area (Å²) in [7, 11) is 0. The van der Waals surface area contributed by atoms with Crippen LogP contribution in [-0.2, 0) is 9.47 Å². The fraction of sp³-hybridized carbons (Fsp3) is 1.00. The summed E-state index contributed by atoms with van der Waals surface area (Å²) in [4.78, 5) is 0. The summed E-state index contributed by atoms with van der Waals surface area (Å²) in [5, 5.41) is 10.5. The second kappa shape index (κ2) is 6.58. The maximum Gasteiger partial charge on any atom is 0.0986 e. The van der Waals surface area contributed by atoms with Gasteiger partial charge in [0, 0.05) is 32.7 Å². The van der Waals surface area contributed by atoms with Crippen molar-refractivity contribution in [1.82, 2.24) is 0 Å². The van der Waals surface area contributed by atoms with Crippen molar-refractivity contribution in [3.8, 4) is 0 Å². The molecule has 1 aliphatic heterocycles. The Bertz CT molecular complexity index is 178. The van der Waals surface area contributed by atoms with Crippen molar-refractivity contribution in [3.63, 3.8) is 0 Å². The summed E-state index contributed by atoms with van der Waals surface area (Å²) >= 11 is 0. The first kappa shape index (κ1) is 13.9. The van der Waals surface area contributed by atoms with Crippen molar-refractivity contribution in [3.05, 3.63) is 0 Å². The van der Waals surface area contributed by atoms with Crippen LogP contribution in [0.25, 0.3) is 0 Å². The lowest BCUT2D eigenvalue weighted by Crippen LogP contribution is -2.52. The lowest BCUT2D eigenvalue weighted by Gasteiger charge is -2.43. The standard InChI is InChI=1S/C13H26O3/c1-4-11(5-2)12(14)13(16-6-3)7-9-15-10-8-13/h11-12,14H,4-10H2,1-3H3. The Morgan fingerprint density at radius 2 is 1.75 bits per heavy atom. The van der Waals surface area contributed by atoms with Crippen LogP contribution >= 0.6 is 0 Å². The van der Waals surface area contributed by atoms with Gasteiger partial charge in [-0.25, -0.2) is 0 Å². The molecule has 1 N–H and O–H groups in total. The molecule has 1 rings (SSSR count). The fourth-order valence-corrected chi connectivity index (χ4v) is 2.69. The zero-order valence-electron chi connectivity index (χ0n) is 10.9. The van der Waals surface area contributed by atoms with Crippen LogP contribution in [0.5, 0.6) is 0 Å². The maximum absolute atomic E-state index is 10.5. The molecule has 3 heteroatoms. The predicted octanol–water partition coefficient (Wildman–Crippen LogP) is 2.37. The molecule has 0 aromatic rings. The van der Waals surface area contributed by atoms with Gasteiger partial charge >= 0.3 is 0 Å². The number of rotatable bonds is 6. The summed E-state index contributed by atoms with van der Waals surface area (Å²) in [6.45, 7) is 8.34. The molecule has 0 aromatic carbocycles. The number of hydrogen-bond donors (Lipinski definition) is 1. The minimum absolute atomic E-state index is 0.338. The van der Waals surface area contributed by atoms with Crippen molar-refractivity contribution < 1.29 is 14.6 Å². The van der Waals surface area contributed by atoms with Gasteiger partial charge in [0.05, 0.1) is 11.7 Å². The molecule has 0 aliphatic carbocycles. The van der Waals surface area contributed by atoms with E-state index in [9.17, 15) is 5.11 Å². The highest BCUT2D eigenvalue weighted by Gasteiger charge is 2.42. The van der Waals surface area contributed by atoms with Crippen molar-refractivity contribution in [2.45, 2.75) is 58.2 Å². The molecule has 3 nitrogen and oxygen atoms in total. The van der Waals surface area contributed by atoms with Crippen LogP contribution in [-0.4, -0.2) is 36.6 Å². The van der Waals surface area contributed by atoms with Gasteiger partial charge in [0.2, 0.25) is 0 Å². The Morgan fingerprint density at radius 1 is 1.19 bits per heavy atom. The molecule has 1 saturated heterocycles. The van der Waals surface area contributed by atoms with E-state index in [0.717, 1.165) is 25.7 Å². The zero-order chi connectivity index (χ0) is 12.0. The quantitative estimate of drug-likeness (QED) is 0.761. The van der Waals surface area contributed by atoms with E-state index in [1.165, 1.54) is 0 Å². The van der Waals surface area contributed by atoms with Gasteiger partial charge in [-0.1, -0.05) is 26.7 Å². The third kappa shape index (κ3) is 2.96. The Hall–Kier alpha value is -0.120. The second-order valence-corrected chi connectivity index (χ2v) is 4.63. The first-order chi connectivity index (χ1) is 7.70. The van der Waals surface area contributed by atoms with Crippen LogP contribution in [0.4, 0.5) is 0 Å². The van der Waals surface area contributed by atoms with E-state index in [1.54, 1.807) is 0 Å². The van der Waals surface area contributed by atoms with Gasteiger partial charge in [-0.2, -0.15) is 0 Å². The normalized spacial score (nSPS) is 22.3. The molecule has 0 bridgehead atoms. The molecule has 1 fully saturated rings. The van der Waals surface area contributed by atoms with Crippen LogP contribution < -0.4 is 0 Å². The average Bonchev–Trinajstić information content (AvgIpc) is 2.32. The highest BCUT2D eigenvalue weighted by Crippen LogP contribution is 2.34. The van der Waals surface area contributed by atoms with E-state index in [1.807, 2.05) is 6.92 Å². The van der Waals surface area contributed by atoms with Crippen molar-refractivity contribution >= 4 is 0 Å². The van der Waals surface area contributed by atoms with E-state index in [0.29, 0.717) is 25.7 Å². The van der Waals surface area contributed by atoms with Crippen molar-refractivity contribution in [1.29, 1.82) is 0 Å². The predicted molar refractivity (Wildman–Crippen MR) is 64.5 cm³/mol. The van der Waals surface area contributed by atoms with E-state index in [2.05, 4.69) is 13.8 Å². The largest absolute Gasteiger partial charge is 0.390 e. The minimum atomic E-state index is -0.357. The SMILES string of the molecule is CCOC1(C(O)C(CC)CC)CCOCC1. The van der Waals surface area contributed by atoms with E-state index in [4.69, 9.17) is 9.47 Å². The van der Waals surface area contributed by atoms with Gasteiger partial charge in [-0.3, -0.25) is 0 Å². The van der Waals surface area contributed by atoms with Gasteiger partial charge < -0.3 is 14.6 Å². The Labute approximate surface area is 99.1 Å². The molecule has 1 unspecified atom stereocenters. The summed E-state index contributed by atoms with van der Waals surface area (Å²) in [5.41, 5.74) is -0.357. The smallest absolute Gasteiger partial charge is 0.0986 e. The molecule has 0 radical (unpaired) electrons. The van der Waals surface area contributed by atoms with E-state index < -0.39 is 0 Å². The van der Waals surface area contributed by atoms with E-state index >= 15 is 0 Å². The minimum Gasteiger partial charge on any atom is -0.390 e. The number of hydrogen-bond acceptors (Lipinski definition) is 3. The first-order valence-corrected chi connectivity index (χ1v) is 6.60. The lowest BCUT2D eigenvalue weighted by molar-refractivity contribution is -0.180. The first-order valence-electron chi connectivity index (χ1n) is 6.60. The molecule has 16 heavy (non-hydrogen) atoms.